The lowest BCUT2D eigenvalue weighted by Gasteiger charge is -2.11. The van der Waals surface area contributed by atoms with Crippen LogP contribution in [0.4, 0.5) is 0 Å². The molecule has 142 valence electrons. The predicted octanol–water partition coefficient (Wildman–Crippen LogP) is 1.74. The third kappa shape index (κ3) is 2.83. The molecule has 1 N–H and O–H groups in total. The Morgan fingerprint density at radius 3 is 2.61 bits per heavy atom. The minimum absolute atomic E-state index is 0.161. The number of aromatic nitrogens is 1. The second-order valence-electron chi connectivity index (χ2n) is 5.85. The molecular weight excluding hydrogens is 448 g/mol. The van der Waals surface area contributed by atoms with Gasteiger partial charge >= 0.3 is 4.87 Å². The lowest BCUT2D eigenvalue weighted by atomic mass is 10.1. The molecule has 2 aromatic carbocycles. The fraction of sp³-hybridized carbons (Fsp3) is 0.105. The van der Waals surface area contributed by atoms with Gasteiger partial charge in [-0.05, 0) is 30.3 Å². The van der Waals surface area contributed by atoms with Crippen molar-refractivity contribution < 1.29 is 19.4 Å². The maximum absolute atomic E-state index is 12.7. The van der Waals surface area contributed by atoms with Gasteiger partial charge in [0.05, 0.1) is 30.8 Å². The predicted molar refractivity (Wildman–Crippen MR) is 107 cm³/mol. The van der Waals surface area contributed by atoms with E-state index in [4.69, 9.17) is 9.47 Å². The van der Waals surface area contributed by atoms with Crippen molar-refractivity contribution in [3.63, 3.8) is 0 Å². The number of carbonyl (C=O) groups is 1. The summed E-state index contributed by atoms with van der Waals surface area (Å²) in [4.78, 5) is 28.9. The molecule has 28 heavy (non-hydrogen) atoms. The number of carbonyl (C=O) groups excluding carboxylic acids is 1. The molecule has 2 heterocycles. The largest absolute Gasteiger partial charge is 0.497 e. The van der Waals surface area contributed by atoms with Gasteiger partial charge in [0.2, 0.25) is 5.88 Å². The van der Waals surface area contributed by atoms with Crippen LogP contribution in [0, 0.1) is 0 Å². The molecule has 4 rings (SSSR count). The van der Waals surface area contributed by atoms with Crippen LogP contribution in [0.3, 0.4) is 0 Å². The van der Waals surface area contributed by atoms with Gasteiger partial charge in [0.25, 0.3) is 5.91 Å². The fourth-order valence-electron chi connectivity index (χ4n) is 3.02. The summed E-state index contributed by atoms with van der Waals surface area (Å²) in [6.45, 7) is 0. The fourth-order valence-corrected chi connectivity index (χ4v) is 4.31. The molecule has 3 aromatic rings. The average molecular weight is 461 g/mol. The van der Waals surface area contributed by atoms with Crippen LogP contribution < -0.4 is 24.9 Å². The highest BCUT2D eigenvalue weighted by molar-refractivity contribution is 9.10. The molecule has 0 unspecified atom stereocenters. The molecule has 0 saturated heterocycles. The molecule has 1 amide bonds. The third-order valence-corrected chi connectivity index (χ3v) is 5.75. The maximum Gasteiger partial charge on any atom is 0.315 e. The van der Waals surface area contributed by atoms with Gasteiger partial charge in [-0.2, -0.15) is 0 Å². The second-order valence-corrected chi connectivity index (χ2v) is 7.72. The molecule has 0 bridgehead atoms. The highest BCUT2D eigenvalue weighted by Gasteiger charge is 2.27. The van der Waals surface area contributed by atoms with Crippen LogP contribution in [0.2, 0.25) is 0 Å². The summed E-state index contributed by atoms with van der Waals surface area (Å²) < 4.78 is 12.4. The molecular formula is C19H13BrN2O5S. The molecule has 0 radical (unpaired) electrons. The van der Waals surface area contributed by atoms with Crippen LogP contribution >= 0.6 is 27.3 Å². The monoisotopic (exact) mass is 460 g/mol. The van der Waals surface area contributed by atoms with E-state index in [0.717, 1.165) is 20.4 Å². The topological polar surface area (TPSA) is 90.1 Å². The molecule has 0 aliphatic carbocycles. The SMILES string of the molecule is COc1ccc(-n2c(O)c(C3=c4cc(Br)ccc4=NC3=O)sc2=O)c(OC)c1. The number of rotatable bonds is 4. The zero-order chi connectivity index (χ0) is 20.0. The quantitative estimate of drug-likeness (QED) is 0.640. The Morgan fingerprint density at radius 1 is 1.11 bits per heavy atom. The highest BCUT2D eigenvalue weighted by atomic mass is 79.9. The Morgan fingerprint density at radius 2 is 1.89 bits per heavy atom. The summed E-state index contributed by atoms with van der Waals surface area (Å²) in [6, 6.07) is 10.1. The van der Waals surface area contributed by atoms with Gasteiger partial charge < -0.3 is 14.6 Å². The van der Waals surface area contributed by atoms with Crippen LogP contribution in [0.5, 0.6) is 17.4 Å². The number of aromatic hydroxyl groups is 1. The van der Waals surface area contributed by atoms with Crippen molar-refractivity contribution in [2.45, 2.75) is 0 Å². The number of halogens is 1. The van der Waals surface area contributed by atoms with Crippen molar-refractivity contribution in [1.82, 2.24) is 4.57 Å². The average Bonchev–Trinajstić information content (AvgIpc) is 3.15. The van der Waals surface area contributed by atoms with Gasteiger partial charge in [-0.25, -0.2) is 9.56 Å². The van der Waals surface area contributed by atoms with Gasteiger partial charge in [0, 0.05) is 15.8 Å². The number of nitrogens with zero attached hydrogens (tertiary/aromatic N) is 2. The van der Waals surface area contributed by atoms with Crippen molar-refractivity contribution in [2.24, 2.45) is 4.99 Å². The van der Waals surface area contributed by atoms with E-state index in [1.807, 2.05) is 0 Å². The van der Waals surface area contributed by atoms with Crippen LogP contribution in [0.15, 0.2) is 50.7 Å². The molecule has 9 heteroatoms. The minimum atomic E-state index is -0.501. The standard InChI is InChI=1S/C19H13BrN2O5S/c1-26-10-4-6-13(14(8-10)27-2)22-18(24)16(28-19(22)25)15-11-7-9(20)3-5-12(11)21-17(15)23/h3-8,24H,1-2H3. The Hall–Kier alpha value is -2.91. The third-order valence-electron chi connectivity index (χ3n) is 4.31. The van der Waals surface area contributed by atoms with Crippen molar-refractivity contribution in [3.8, 4) is 23.1 Å². The number of hydrogen-bond donors (Lipinski definition) is 1. The van der Waals surface area contributed by atoms with E-state index in [1.165, 1.54) is 14.2 Å². The van der Waals surface area contributed by atoms with Gasteiger partial charge in [0.1, 0.15) is 16.4 Å². The summed E-state index contributed by atoms with van der Waals surface area (Å²) >= 11 is 4.14. The number of fused-ring (bicyclic) bond motifs is 1. The second kappa shape index (κ2) is 6.92. The van der Waals surface area contributed by atoms with E-state index in [-0.39, 0.29) is 16.3 Å². The zero-order valence-corrected chi connectivity index (χ0v) is 17.1. The molecule has 1 aliphatic heterocycles. The first-order valence-electron chi connectivity index (χ1n) is 8.05. The summed E-state index contributed by atoms with van der Waals surface area (Å²) in [5.41, 5.74) is 0.535. The Kier molecular flexibility index (Phi) is 4.56. The van der Waals surface area contributed by atoms with Gasteiger partial charge in [0.15, 0.2) is 0 Å². The summed E-state index contributed by atoms with van der Waals surface area (Å²) in [5, 5.41) is 11.9. The molecule has 0 fully saturated rings. The number of hydrogen-bond acceptors (Lipinski definition) is 6. The Balaban J connectivity index is 1.98. The molecule has 7 nitrogen and oxygen atoms in total. The van der Waals surface area contributed by atoms with E-state index in [2.05, 4.69) is 20.9 Å². The first-order valence-corrected chi connectivity index (χ1v) is 9.66. The number of amides is 1. The van der Waals surface area contributed by atoms with E-state index in [1.54, 1.807) is 36.4 Å². The molecule has 0 atom stereocenters. The van der Waals surface area contributed by atoms with Crippen molar-refractivity contribution in [3.05, 3.63) is 66.0 Å². The van der Waals surface area contributed by atoms with E-state index in [0.29, 0.717) is 27.8 Å². The number of benzene rings is 2. The first-order chi connectivity index (χ1) is 13.4. The zero-order valence-electron chi connectivity index (χ0n) is 14.7. The minimum Gasteiger partial charge on any atom is -0.497 e. The Bertz CT molecular complexity index is 1310. The normalized spacial score (nSPS) is 12.7. The molecule has 0 saturated carbocycles. The van der Waals surface area contributed by atoms with Crippen LogP contribution in [-0.4, -0.2) is 29.8 Å². The Labute approximate surface area is 170 Å². The van der Waals surface area contributed by atoms with Crippen LogP contribution in [-0.2, 0) is 4.79 Å². The van der Waals surface area contributed by atoms with E-state index in [9.17, 15) is 14.7 Å². The van der Waals surface area contributed by atoms with Crippen molar-refractivity contribution in [1.29, 1.82) is 0 Å². The van der Waals surface area contributed by atoms with Crippen molar-refractivity contribution in [2.75, 3.05) is 14.2 Å². The van der Waals surface area contributed by atoms with Crippen LogP contribution in [0.1, 0.15) is 4.88 Å². The van der Waals surface area contributed by atoms with Gasteiger partial charge in [-0.15, -0.1) is 0 Å². The highest BCUT2D eigenvalue weighted by Crippen LogP contribution is 2.34. The lowest BCUT2D eigenvalue weighted by Crippen LogP contribution is -2.22. The number of methoxy groups -OCH3 is 2. The maximum atomic E-state index is 12.7. The lowest BCUT2D eigenvalue weighted by molar-refractivity contribution is -0.112. The van der Waals surface area contributed by atoms with Crippen molar-refractivity contribution >= 4 is 38.7 Å². The van der Waals surface area contributed by atoms with E-state index >= 15 is 0 Å². The molecule has 0 spiro atoms. The number of ether oxygens (including phenoxy) is 2. The summed E-state index contributed by atoms with van der Waals surface area (Å²) in [5.74, 6) is 0.0431. The first kappa shape index (κ1) is 18.5. The smallest absolute Gasteiger partial charge is 0.315 e. The molecule has 1 aliphatic rings. The van der Waals surface area contributed by atoms with Gasteiger partial charge in [-0.1, -0.05) is 27.3 Å². The van der Waals surface area contributed by atoms with E-state index < -0.39 is 10.8 Å². The summed E-state index contributed by atoms with van der Waals surface area (Å²) in [7, 11) is 2.97. The van der Waals surface area contributed by atoms with Gasteiger partial charge in [-0.3, -0.25) is 9.59 Å². The van der Waals surface area contributed by atoms with Crippen LogP contribution in [0.25, 0.3) is 11.3 Å². The number of thiazole rings is 1. The molecule has 1 aromatic heterocycles. The summed E-state index contributed by atoms with van der Waals surface area (Å²) in [6.07, 6.45) is 0.